The van der Waals surface area contributed by atoms with Crippen LogP contribution in [0.2, 0.25) is 0 Å². The predicted octanol–water partition coefficient (Wildman–Crippen LogP) is 1.86. The second-order valence-electron chi connectivity index (χ2n) is 5.57. The van der Waals surface area contributed by atoms with Crippen LogP contribution in [0.3, 0.4) is 0 Å². The summed E-state index contributed by atoms with van der Waals surface area (Å²) < 4.78 is 30.7. The van der Waals surface area contributed by atoms with Crippen molar-refractivity contribution < 1.29 is 13.2 Å². The molecule has 0 aliphatic heterocycles. The summed E-state index contributed by atoms with van der Waals surface area (Å²) in [5.74, 6) is 0.111. The molecule has 118 valence electrons. The zero-order chi connectivity index (χ0) is 16.7. The van der Waals surface area contributed by atoms with Crippen LogP contribution in [0.4, 0.5) is 0 Å². The van der Waals surface area contributed by atoms with Crippen LogP contribution in [-0.2, 0) is 9.84 Å². The Hall–Kier alpha value is -2.36. The first-order valence-corrected chi connectivity index (χ1v) is 8.63. The Morgan fingerprint density at radius 1 is 1.13 bits per heavy atom. The fourth-order valence-electron chi connectivity index (χ4n) is 2.96. The van der Waals surface area contributed by atoms with E-state index in [0.29, 0.717) is 5.75 Å². The molecule has 6 heteroatoms. The van der Waals surface area contributed by atoms with Gasteiger partial charge >= 0.3 is 0 Å². The standard InChI is InChI=1S/C17H16N2O3S/c1-22-13-9-7-12(8-10-13)15-16(17(15,19)11-18)23(20,21)14-5-3-2-4-6-14/h2-10,15-16H,19H2,1H3/t15-,16-,17-/m1/s1. The summed E-state index contributed by atoms with van der Waals surface area (Å²) in [6.45, 7) is 0. The Labute approximate surface area is 135 Å². The van der Waals surface area contributed by atoms with E-state index in [4.69, 9.17) is 10.5 Å². The molecule has 1 aliphatic rings. The van der Waals surface area contributed by atoms with E-state index in [1.54, 1.807) is 49.6 Å². The maximum atomic E-state index is 12.8. The lowest BCUT2D eigenvalue weighted by atomic mass is 10.1. The van der Waals surface area contributed by atoms with Gasteiger partial charge in [0.25, 0.3) is 0 Å². The number of sulfone groups is 1. The maximum Gasteiger partial charge on any atom is 0.184 e. The minimum Gasteiger partial charge on any atom is -0.497 e. The quantitative estimate of drug-likeness (QED) is 0.924. The van der Waals surface area contributed by atoms with Crippen molar-refractivity contribution in [2.75, 3.05) is 7.11 Å². The number of nitriles is 1. The number of ether oxygens (including phenoxy) is 1. The van der Waals surface area contributed by atoms with Crippen LogP contribution in [0, 0.1) is 11.3 Å². The van der Waals surface area contributed by atoms with Gasteiger partial charge in [-0.25, -0.2) is 8.42 Å². The summed E-state index contributed by atoms with van der Waals surface area (Å²) in [6, 6.07) is 17.1. The summed E-state index contributed by atoms with van der Waals surface area (Å²) in [6.07, 6.45) is 0. The number of hydrogen-bond acceptors (Lipinski definition) is 5. The van der Waals surface area contributed by atoms with Gasteiger partial charge in [-0.3, -0.25) is 0 Å². The molecule has 0 bridgehead atoms. The van der Waals surface area contributed by atoms with Crippen molar-refractivity contribution in [3.8, 4) is 11.8 Å². The highest BCUT2D eigenvalue weighted by molar-refractivity contribution is 7.92. The monoisotopic (exact) mass is 328 g/mol. The normalized spacial score (nSPS) is 26.3. The van der Waals surface area contributed by atoms with Crippen molar-refractivity contribution in [2.24, 2.45) is 5.73 Å². The minimum absolute atomic E-state index is 0.186. The van der Waals surface area contributed by atoms with Gasteiger partial charge in [0.2, 0.25) is 0 Å². The first-order valence-electron chi connectivity index (χ1n) is 7.08. The third kappa shape index (κ3) is 2.38. The minimum atomic E-state index is -3.68. The number of nitrogens with zero attached hydrogens (tertiary/aromatic N) is 1. The maximum absolute atomic E-state index is 12.8. The van der Waals surface area contributed by atoms with Gasteiger partial charge in [-0.2, -0.15) is 5.26 Å². The van der Waals surface area contributed by atoms with Gasteiger partial charge in [0.05, 0.1) is 18.1 Å². The van der Waals surface area contributed by atoms with Crippen LogP contribution >= 0.6 is 0 Å². The van der Waals surface area contributed by atoms with Gasteiger partial charge in [-0.1, -0.05) is 30.3 Å². The summed E-state index contributed by atoms with van der Waals surface area (Å²) in [4.78, 5) is 0.186. The molecule has 2 aromatic carbocycles. The van der Waals surface area contributed by atoms with Gasteiger partial charge in [-0.15, -0.1) is 0 Å². The third-order valence-corrected chi connectivity index (χ3v) is 6.51. The highest BCUT2D eigenvalue weighted by Crippen LogP contribution is 2.55. The number of hydrogen-bond donors (Lipinski definition) is 1. The second kappa shape index (κ2) is 5.37. The van der Waals surface area contributed by atoms with Gasteiger partial charge in [0.15, 0.2) is 9.84 Å². The van der Waals surface area contributed by atoms with Gasteiger partial charge < -0.3 is 10.5 Å². The van der Waals surface area contributed by atoms with Crippen molar-refractivity contribution in [3.05, 3.63) is 60.2 Å². The molecule has 0 amide bonds. The van der Waals surface area contributed by atoms with Crippen LogP contribution in [0.5, 0.6) is 5.75 Å². The molecular formula is C17H16N2O3S. The summed E-state index contributed by atoms with van der Waals surface area (Å²) in [5, 5.41) is 8.47. The van der Waals surface area contributed by atoms with Crippen LogP contribution in [-0.4, -0.2) is 26.3 Å². The Bertz CT molecular complexity index is 857. The summed E-state index contributed by atoms with van der Waals surface area (Å²) in [7, 11) is -2.12. The number of nitrogens with two attached hydrogens (primary N) is 1. The fraction of sp³-hybridized carbons (Fsp3) is 0.235. The van der Waals surface area contributed by atoms with E-state index < -0.39 is 26.5 Å². The van der Waals surface area contributed by atoms with Crippen LogP contribution in [0.15, 0.2) is 59.5 Å². The highest BCUT2D eigenvalue weighted by atomic mass is 32.2. The molecule has 1 aliphatic carbocycles. The van der Waals surface area contributed by atoms with E-state index in [1.807, 2.05) is 6.07 Å². The zero-order valence-corrected chi connectivity index (χ0v) is 13.3. The molecule has 5 nitrogen and oxygen atoms in total. The van der Waals surface area contributed by atoms with Crippen molar-refractivity contribution in [3.63, 3.8) is 0 Å². The van der Waals surface area contributed by atoms with Crippen molar-refractivity contribution in [1.82, 2.24) is 0 Å². The summed E-state index contributed by atoms with van der Waals surface area (Å²) in [5.41, 5.74) is 5.40. The topological polar surface area (TPSA) is 93.2 Å². The number of methoxy groups -OCH3 is 1. The van der Waals surface area contributed by atoms with E-state index in [2.05, 4.69) is 0 Å². The van der Waals surface area contributed by atoms with E-state index in [1.165, 1.54) is 12.1 Å². The van der Waals surface area contributed by atoms with Crippen LogP contribution in [0.1, 0.15) is 11.5 Å². The highest BCUT2D eigenvalue weighted by Gasteiger charge is 2.70. The average Bonchev–Trinajstić information content (AvgIpc) is 3.23. The third-order valence-electron chi connectivity index (χ3n) is 4.25. The fourth-order valence-corrected chi connectivity index (χ4v) is 5.17. The lowest BCUT2D eigenvalue weighted by Crippen LogP contribution is -2.29. The molecule has 1 saturated carbocycles. The first kappa shape index (κ1) is 15.5. The van der Waals surface area contributed by atoms with E-state index >= 15 is 0 Å². The smallest absolute Gasteiger partial charge is 0.184 e. The van der Waals surface area contributed by atoms with E-state index in [0.717, 1.165) is 5.56 Å². The molecule has 2 N–H and O–H groups in total. The first-order chi connectivity index (χ1) is 10.9. The van der Waals surface area contributed by atoms with Crippen LogP contribution < -0.4 is 10.5 Å². The Morgan fingerprint density at radius 3 is 2.26 bits per heavy atom. The second-order valence-corrected chi connectivity index (χ2v) is 7.64. The van der Waals surface area contributed by atoms with Crippen molar-refractivity contribution >= 4 is 9.84 Å². The van der Waals surface area contributed by atoms with E-state index in [-0.39, 0.29) is 4.90 Å². The lowest BCUT2D eigenvalue weighted by Gasteiger charge is -2.04. The number of rotatable bonds is 4. The molecule has 0 saturated heterocycles. The molecule has 0 aromatic heterocycles. The molecule has 0 unspecified atom stereocenters. The molecule has 0 spiro atoms. The van der Waals surface area contributed by atoms with E-state index in [9.17, 15) is 13.7 Å². The Balaban J connectivity index is 2.01. The molecule has 0 radical (unpaired) electrons. The average molecular weight is 328 g/mol. The largest absolute Gasteiger partial charge is 0.497 e. The molecule has 2 aromatic rings. The molecule has 0 heterocycles. The lowest BCUT2D eigenvalue weighted by molar-refractivity contribution is 0.414. The predicted molar refractivity (Wildman–Crippen MR) is 85.7 cm³/mol. The molecular weight excluding hydrogens is 312 g/mol. The van der Waals surface area contributed by atoms with Crippen molar-refractivity contribution in [2.45, 2.75) is 21.6 Å². The molecule has 1 fully saturated rings. The Kier molecular flexibility index (Phi) is 3.63. The SMILES string of the molecule is COc1ccc([C@@H]2[C@@H](S(=O)(=O)c3ccccc3)[C@@]2(N)C#N)cc1. The summed E-state index contributed by atoms with van der Waals surface area (Å²) >= 11 is 0. The zero-order valence-electron chi connectivity index (χ0n) is 12.5. The molecule has 23 heavy (non-hydrogen) atoms. The number of benzene rings is 2. The Morgan fingerprint density at radius 2 is 1.74 bits per heavy atom. The molecule has 3 rings (SSSR count). The van der Waals surface area contributed by atoms with Gasteiger partial charge in [0.1, 0.15) is 16.5 Å². The van der Waals surface area contributed by atoms with Gasteiger partial charge in [0, 0.05) is 5.92 Å². The van der Waals surface area contributed by atoms with Gasteiger partial charge in [-0.05, 0) is 29.8 Å². The van der Waals surface area contributed by atoms with Crippen molar-refractivity contribution in [1.29, 1.82) is 5.26 Å². The van der Waals surface area contributed by atoms with Crippen LogP contribution in [0.25, 0.3) is 0 Å². The molecule has 3 atom stereocenters.